The van der Waals surface area contributed by atoms with Crippen molar-refractivity contribution in [3.8, 4) is 0 Å². The zero-order valence-electron chi connectivity index (χ0n) is 36.1. The first-order chi connectivity index (χ1) is 26.1. The number of rotatable bonds is 12. The van der Waals surface area contributed by atoms with Crippen LogP contribution in [0.2, 0.25) is 0 Å². The van der Waals surface area contributed by atoms with E-state index >= 15 is 0 Å². The maximum atomic E-state index is 13.0. The summed E-state index contributed by atoms with van der Waals surface area (Å²) < 4.78 is 26.8. The Labute approximate surface area is 335 Å². The SMILES string of the molecule is CCOC(=O)C[C@H]1CC[C@@H](N(C(=O)OCc2ccccc2)C(C)C)CN1C(=O)OC(C)(C)C.CCOC(=O)C[C@H]1CC[C@@H](NC(C)C)CN1C(=O)OC(C)(C)C. The van der Waals surface area contributed by atoms with Crippen LogP contribution >= 0.6 is 0 Å². The highest BCUT2D eigenvalue weighted by Crippen LogP contribution is 2.28. The average molecular weight is 791 g/mol. The van der Waals surface area contributed by atoms with Crippen molar-refractivity contribution in [1.82, 2.24) is 20.0 Å². The molecule has 1 aromatic carbocycles. The standard InChI is InChI=1S/C25H38N2O6.C17H32N2O4/c1-7-31-22(28)15-20-13-14-21(16-26(20)23(29)33-25(4,5)6)27(18(2)3)24(30)32-17-19-11-9-8-10-12-19;1-7-22-15(20)10-14-9-8-13(18-12(2)3)11-19(14)16(21)23-17(4,5)6/h8-12,18,20-21H,7,13-17H2,1-6H3;12-14,18H,7-11H2,1-6H3/t20-,21-;13-,14-/m11/s1. The lowest BCUT2D eigenvalue weighted by atomic mass is 9.94. The van der Waals surface area contributed by atoms with E-state index in [4.69, 9.17) is 23.7 Å². The van der Waals surface area contributed by atoms with Crippen LogP contribution in [0.5, 0.6) is 0 Å². The van der Waals surface area contributed by atoms with Crippen molar-refractivity contribution < 1.29 is 47.7 Å². The van der Waals surface area contributed by atoms with E-state index in [-0.39, 0.29) is 80.8 Å². The molecule has 0 saturated carbocycles. The Morgan fingerprint density at radius 3 is 1.64 bits per heavy atom. The lowest BCUT2D eigenvalue weighted by Crippen LogP contribution is -2.58. The van der Waals surface area contributed by atoms with Gasteiger partial charge in [0.05, 0.1) is 32.1 Å². The molecule has 2 heterocycles. The molecule has 56 heavy (non-hydrogen) atoms. The molecule has 0 aromatic heterocycles. The summed E-state index contributed by atoms with van der Waals surface area (Å²) in [6.45, 7) is 24.1. The summed E-state index contributed by atoms with van der Waals surface area (Å²) in [7, 11) is 0. The molecule has 0 aliphatic carbocycles. The number of nitrogens with zero attached hydrogens (tertiary/aromatic N) is 3. The summed E-state index contributed by atoms with van der Waals surface area (Å²) in [5.41, 5.74) is -0.322. The molecule has 0 bridgehead atoms. The summed E-state index contributed by atoms with van der Waals surface area (Å²) in [4.78, 5) is 67.4. The molecule has 3 amide bonds. The van der Waals surface area contributed by atoms with Gasteiger partial charge in [-0.15, -0.1) is 0 Å². The third kappa shape index (κ3) is 17.4. The molecule has 1 N–H and O–H groups in total. The Hall–Kier alpha value is -4.07. The predicted octanol–water partition coefficient (Wildman–Crippen LogP) is 7.46. The Morgan fingerprint density at radius 1 is 0.714 bits per heavy atom. The number of hydrogen-bond acceptors (Lipinski definition) is 11. The first kappa shape index (κ1) is 48.1. The highest BCUT2D eigenvalue weighted by Gasteiger charge is 2.40. The summed E-state index contributed by atoms with van der Waals surface area (Å²) in [5, 5.41) is 3.46. The van der Waals surface area contributed by atoms with Gasteiger partial charge in [0.15, 0.2) is 0 Å². The van der Waals surface area contributed by atoms with Gasteiger partial charge in [0.25, 0.3) is 0 Å². The van der Waals surface area contributed by atoms with Gasteiger partial charge in [-0.05, 0) is 100 Å². The maximum Gasteiger partial charge on any atom is 0.410 e. The average Bonchev–Trinajstić information content (AvgIpc) is 3.07. The largest absolute Gasteiger partial charge is 0.466 e. The normalized spacial score (nSPS) is 20.0. The van der Waals surface area contributed by atoms with Crippen LogP contribution in [0.15, 0.2) is 30.3 Å². The van der Waals surface area contributed by atoms with E-state index in [2.05, 4.69) is 19.2 Å². The highest BCUT2D eigenvalue weighted by atomic mass is 16.6. The molecular formula is C42H70N4O10. The highest BCUT2D eigenvalue weighted by molar-refractivity contribution is 5.74. The second kappa shape index (κ2) is 22.6. The minimum absolute atomic E-state index is 0.0972. The van der Waals surface area contributed by atoms with Crippen molar-refractivity contribution in [2.75, 3.05) is 26.3 Å². The van der Waals surface area contributed by atoms with Crippen LogP contribution in [0, 0.1) is 0 Å². The van der Waals surface area contributed by atoms with E-state index in [1.165, 1.54) is 0 Å². The first-order valence-corrected chi connectivity index (χ1v) is 20.2. The third-order valence-electron chi connectivity index (χ3n) is 8.99. The number of likely N-dealkylation sites (tertiary alicyclic amines) is 2. The van der Waals surface area contributed by atoms with Gasteiger partial charge in [-0.25, -0.2) is 14.4 Å². The van der Waals surface area contributed by atoms with Gasteiger partial charge in [0, 0.05) is 43.3 Å². The summed E-state index contributed by atoms with van der Waals surface area (Å²) >= 11 is 0. The second-order valence-electron chi connectivity index (χ2n) is 17.0. The van der Waals surface area contributed by atoms with Gasteiger partial charge in [0.2, 0.25) is 0 Å². The topological polar surface area (TPSA) is 153 Å². The molecule has 0 radical (unpaired) electrons. The van der Waals surface area contributed by atoms with Crippen LogP contribution in [0.3, 0.4) is 0 Å². The molecule has 2 fully saturated rings. The fraction of sp³-hybridized carbons (Fsp3) is 0.738. The van der Waals surface area contributed by atoms with E-state index in [0.717, 1.165) is 18.4 Å². The van der Waals surface area contributed by atoms with Gasteiger partial charge >= 0.3 is 30.2 Å². The molecule has 14 heteroatoms. The number of esters is 2. The van der Waals surface area contributed by atoms with Crippen molar-refractivity contribution >= 4 is 30.2 Å². The van der Waals surface area contributed by atoms with Crippen LogP contribution in [0.25, 0.3) is 0 Å². The smallest absolute Gasteiger partial charge is 0.410 e. The Balaban J connectivity index is 0.000000413. The van der Waals surface area contributed by atoms with Crippen molar-refractivity contribution in [3.05, 3.63) is 35.9 Å². The Kier molecular flexibility index (Phi) is 19.4. The lowest BCUT2D eigenvalue weighted by Gasteiger charge is -2.44. The zero-order chi connectivity index (χ0) is 42.2. The Bertz CT molecular complexity index is 1390. The predicted molar refractivity (Wildman–Crippen MR) is 214 cm³/mol. The Morgan fingerprint density at radius 2 is 1.20 bits per heavy atom. The molecule has 1 aromatic rings. The van der Waals surface area contributed by atoms with Gasteiger partial charge < -0.3 is 43.7 Å². The first-order valence-electron chi connectivity index (χ1n) is 20.2. The minimum Gasteiger partial charge on any atom is -0.466 e. The van der Waals surface area contributed by atoms with E-state index < -0.39 is 23.4 Å². The van der Waals surface area contributed by atoms with Gasteiger partial charge in [0.1, 0.15) is 17.8 Å². The summed E-state index contributed by atoms with van der Waals surface area (Å²) in [6, 6.07) is 9.20. The van der Waals surface area contributed by atoms with E-state index in [9.17, 15) is 24.0 Å². The van der Waals surface area contributed by atoms with Crippen LogP contribution in [-0.2, 0) is 39.9 Å². The van der Waals surface area contributed by atoms with E-state index in [1.54, 1.807) is 49.3 Å². The van der Waals surface area contributed by atoms with Gasteiger partial charge in [-0.1, -0.05) is 44.2 Å². The van der Waals surface area contributed by atoms with Crippen molar-refractivity contribution in [3.63, 3.8) is 0 Å². The number of hydrogen-bond donors (Lipinski definition) is 1. The summed E-state index contributed by atoms with van der Waals surface area (Å²) in [6.07, 6.45) is 1.93. The minimum atomic E-state index is -0.676. The number of amides is 3. The zero-order valence-corrected chi connectivity index (χ0v) is 36.1. The number of nitrogens with one attached hydrogen (secondary N) is 1. The number of carbonyl (C=O) groups excluding carboxylic acids is 5. The fourth-order valence-electron chi connectivity index (χ4n) is 6.78. The molecule has 14 nitrogen and oxygen atoms in total. The quantitative estimate of drug-likeness (QED) is 0.166. The fourth-order valence-corrected chi connectivity index (χ4v) is 6.78. The molecule has 2 aliphatic rings. The molecule has 4 atom stereocenters. The molecular weight excluding hydrogens is 720 g/mol. The van der Waals surface area contributed by atoms with Crippen LogP contribution in [0.1, 0.15) is 127 Å². The number of carbonyl (C=O) groups is 5. The van der Waals surface area contributed by atoms with Gasteiger partial charge in [-0.3, -0.25) is 9.59 Å². The van der Waals surface area contributed by atoms with Crippen molar-refractivity contribution in [2.45, 2.75) is 176 Å². The lowest BCUT2D eigenvalue weighted by molar-refractivity contribution is -0.145. The summed E-state index contributed by atoms with van der Waals surface area (Å²) in [5.74, 6) is -0.612. The van der Waals surface area contributed by atoms with Crippen LogP contribution < -0.4 is 5.32 Å². The van der Waals surface area contributed by atoms with Gasteiger partial charge in [-0.2, -0.15) is 0 Å². The van der Waals surface area contributed by atoms with Crippen LogP contribution in [0.4, 0.5) is 14.4 Å². The molecule has 2 aliphatic heterocycles. The monoisotopic (exact) mass is 791 g/mol. The maximum absolute atomic E-state index is 13.0. The molecule has 318 valence electrons. The number of ether oxygens (including phenoxy) is 5. The molecule has 0 spiro atoms. The molecule has 2 saturated heterocycles. The molecule has 3 rings (SSSR count). The van der Waals surface area contributed by atoms with Crippen molar-refractivity contribution in [1.29, 1.82) is 0 Å². The second-order valence-corrected chi connectivity index (χ2v) is 17.0. The van der Waals surface area contributed by atoms with E-state index in [1.807, 2.05) is 65.0 Å². The number of benzene rings is 1. The molecule has 0 unspecified atom stereocenters. The number of piperidine rings is 2. The van der Waals surface area contributed by atoms with E-state index in [0.29, 0.717) is 32.0 Å². The van der Waals surface area contributed by atoms with Crippen molar-refractivity contribution in [2.24, 2.45) is 0 Å². The third-order valence-corrected chi connectivity index (χ3v) is 8.99. The van der Waals surface area contributed by atoms with Crippen LogP contribution in [-0.4, -0.2) is 119 Å².